The first-order chi connectivity index (χ1) is 13.1. The Kier molecular flexibility index (Phi) is 4.47. The number of rotatable bonds is 5. The van der Waals surface area contributed by atoms with Crippen LogP contribution < -0.4 is 4.74 Å². The fourth-order valence-corrected chi connectivity index (χ4v) is 3.46. The van der Waals surface area contributed by atoms with Crippen LogP contribution in [0.3, 0.4) is 0 Å². The van der Waals surface area contributed by atoms with E-state index in [2.05, 4.69) is 20.2 Å². The number of aryl methyl sites for hydroxylation is 1. The van der Waals surface area contributed by atoms with Gasteiger partial charge in [-0.25, -0.2) is 14.8 Å². The number of fused-ring (bicyclic) bond motifs is 1. The first-order valence-electron chi connectivity index (χ1n) is 8.12. The Morgan fingerprint density at radius 2 is 1.67 bits per heavy atom. The summed E-state index contributed by atoms with van der Waals surface area (Å²) >= 11 is 1.43. The van der Waals surface area contributed by atoms with E-state index in [1.165, 1.54) is 11.3 Å². The molecule has 0 aliphatic rings. The molecule has 0 spiro atoms. The number of carbonyl (C=O) groups is 1. The normalized spacial score (nSPS) is 10.9. The summed E-state index contributed by atoms with van der Waals surface area (Å²) < 4.78 is 5.14. The summed E-state index contributed by atoms with van der Waals surface area (Å²) in [5, 5.41) is 18.6. The first kappa shape index (κ1) is 17.0. The summed E-state index contributed by atoms with van der Waals surface area (Å²) in [6.07, 6.45) is 0. The monoisotopic (exact) mass is 378 g/mol. The Hall–Kier alpha value is -3.39. The van der Waals surface area contributed by atoms with Gasteiger partial charge in [0.05, 0.1) is 16.7 Å². The fourth-order valence-electron chi connectivity index (χ4n) is 2.57. The van der Waals surface area contributed by atoms with E-state index in [0.717, 1.165) is 33.0 Å². The van der Waals surface area contributed by atoms with Crippen molar-refractivity contribution in [1.82, 2.24) is 20.2 Å². The van der Waals surface area contributed by atoms with Crippen LogP contribution in [0.1, 0.15) is 5.69 Å². The number of hydrogen-bond donors (Lipinski definition) is 1. The third-order valence-corrected chi connectivity index (χ3v) is 4.82. The molecule has 7 nitrogen and oxygen atoms in total. The number of nitrogens with zero attached hydrogens (tertiary/aromatic N) is 4. The lowest BCUT2D eigenvalue weighted by Crippen LogP contribution is -2.09. The van der Waals surface area contributed by atoms with Gasteiger partial charge in [-0.1, -0.05) is 23.5 Å². The molecule has 1 N–H and O–H groups in total. The predicted molar refractivity (Wildman–Crippen MR) is 102 cm³/mol. The van der Waals surface area contributed by atoms with Gasteiger partial charge in [0.25, 0.3) is 0 Å². The second kappa shape index (κ2) is 7.08. The highest BCUT2D eigenvalue weighted by Gasteiger charge is 2.14. The maximum Gasteiger partial charge on any atom is 0.341 e. The van der Waals surface area contributed by atoms with Gasteiger partial charge in [0, 0.05) is 5.56 Å². The Morgan fingerprint density at radius 1 is 1.00 bits per heavy atom. The Morgan fingerprint density at radius 3 is 2.37 bits per heavy atom. The largest absolute Gasteiger partial charge is 0.482 e. The number of carboxylic acid groups (broad SMARTS) is 1. The Balaban J connectivity index is 1.62. The molecule has 0 aliphatic carbocycles. The topological polar surface area (TPSA) is 98.1 Å². The summed E-state index contributed by atoms with van der Waals surface area (Å²) in [6, 6.07) is 14.8. The van der Waals surface area contributed by atoms with Crippen LogP contribution in [0.5, 0.6) is 5.75 Å². The van der Waals surface area contributed by atoms with Crippen LogP contribution in [0.2, 0.25) is 0 Å². The highest BCUT2D eigenvalue weighted by Crippen LogP contribution is 2.31. The molecule has 0 unspecified atom stereocenters. The van der Waals surface area contributed by atoms with Crippen LogP contribution in [0.4, 0.5) is 0 Å². The molecule has 0 atom stereocenters. The van der Waals surface area contributed by atoms with Crippen molar-refractivity contribution < 1.29 is 14.6 Å². The number of benzene rings is 2. The molecule has 0 fully saturated rings. The van der Waals surface area contributed by atoms with Gasteiger partial charge in [-0.3, -0.25) is 0 Å². The standard InChI is InChI=1S/C19H14N4O3S/c1-11-17(21-15-5-3-2-4-14(15)20-11)19-23-22-18(27-19)12-6-8-13(9-7-12)26-10-16(24)25/h2-9H,10H2,1H3,(H,24,25). The summed E-state index contributed by atoms with van der Waals surface area (Å²) in [7, 11) is 0. The highest BCUT2D eigenvalue weighted by atomic mass is 32.1. The zero-order valence-corrected chi connectivity index (χ0v) is 15.1. The van der Waals surface area contributed by atoms with Gasteiger partial charge in [-0.2, -0.15) is 0 Å². The van der Waals surface area contributed by atoms with Gasteiger partial charge < -0.3 is 9.84 Å². The van der Waals surface area contributed by atoms with Gasteiger partial charge in [0.15, 0.2) is 11.6 Å². The van der Waals surface area contributed by atoms with Gasteiger partial charge in [0.1, 0.15) is 16.5 Å². The SMILES string of the molecule is Cc1nc2ccccc2nc1-c1nnc(-c2ccc(OCC(=O)O)cc2)s1. The molecule has 134 valence electrons. The third kappa shape index (κ3) is 3.61. The van der Waals surface area contributed by atoms with E-state index < -0.39 is 5.97 Å². The van der Waals surface area contributed by atoms with Crippen molar-refractivity contribution >= 4 is 28.3 Å². The summed E-state index contributed by atoms with van der Waals surface area (Å²) in [5.41, 5.74) is 4.05. The molecule has 0 aliphatic heterocycles. The van der Waals surface area contributed by atoms with Gasteiger partial charge in [0.2, 0.25) is 0 Å². The molecule has 4 aromatic rings. The molecule has 27 heavy (non-hydrogen) atoms. The number of aromatic nitrogens is 4. The van der Waals surface area contributed by atoms with Crippen molar-refractivity contribution in [2.75, 3.05) is 6.61 Å². The van der Waals surface area contributed by atoms with E-state index in [1.807, 2.05) is 43.3 Å². The van der Waals surface area contributed by atoms with Crippen LogP contribution in [-0.2, 0) is 4.79 Å². The summed E-state index contributed by atoms with van der Waals surface area (Å²) in [5.74, 6) is -0.526. The molecule has 0 bridgehead atoms. The van der Waals surface area contributed by atoms with Crippen molar-refractivity contribution in [1.29, 1.82) is 0 Å². The zero-order chi connectivity index (χ0) is 18.8. The Bertz CT molecular complexity index is 1130. The minimum Gasteiger partial charge on any atom is -0.482 e. The molecule has 0 saturated carbocycles. The van der Waals surface area contributed by atoms with Crippen molar-refractivity contribution in [2.45, 2.75) is 6.92 Å². The van der Waals surface area contributed by atoms with E-state index in [0.29, 0.717) is 10.8 Å². The van der Waals surface area contributed by atoms with Crippen molar-refractivity contribution in [3.63, 3.8) is 0 Å². The molecule has 4 rings (SSSR count). The number of aliphatic carboxylic acids is 1. The van der Waals surface area contributed by atoms with Crippen LogP contribution in [-0.4, -0.2) is 37.8 Å². The zero-order valence-electron chi connectivity index (χ0n) is 14.3. The van der Waals surface area contributed by atoms with Crippen LogP contribution >= 0.6 is 11.3 Å². The highest BCUT2D eigenvalue weighted by molar-refractivity contribution is 7.17. The number of para-hydroxylation sites is 2. The predicted octanol–water partition coefficient (Wildman–Crippen LogP) is 3.59. The lowest BCUT2D eigenvalue weighted by Gasteiger charge is -2.03. The number of hydrogen-bond acceptors (Lipinski definition) is 7. The van der Waals surface area contributed by atoms with E-state index in [9.17, 15) is 4.79 Å². The second-order valence-corrected chi connectivity index (χ2v) is 6.74. The Labute approximate surface area is 158 Å². The first-order valence-corrected chi connectivity index (χ1v) is 8.94. The smallest absolute Gasteiger partial charge is 0.341 e. The quantitative estimate of drug-likeness (QED) is 0.567. The van der Waals surface area contributed by atoms with Crippen molar-refractivity contribution in [2.24, 2.45) is 0 Å². The minimum absolute atomic E-state index is 0.373. The van der Waals surface area contributed by atoms with E-state index in [-0.39, 0.29) is 6.61 Å². The fraction of sp³-hybridized carbons (Fsp3) is 0.105. The minimum atomic E-state index is -1.01. The van der Waals surface area contributed by atoms with Crippen LogP contribution in [0, 0.1) is 6.92 Å². The van der Waals surface area contributed by atoms with E-state index in [1.54, 1.807) is 12.1 Å². The molecule has 0 radical (unpaired) electrons. The van der Waals surface area contributed by atoms with Crippen LogP contribution in [0.25, 0.3) is 32.3 Å². The number of carboxylic acids is 1. The van der Waals surface area contributed by atoms with Crippen molar-refractivity contribution in [3.05, 3.63) is 54.2 Å². The van der Waals surface area contributed by atoms with E-state index >= 15 is 0 Å². The average molecular weight is 378 g/mol. The van der Waals surface area contributed by atoms with Crippen molar-refractivity contribution in [3.8, 4) is 27.0 Å². The second-order valence-electron chi connectivity index (χ2n) is 5.77. The average Bonchev–Trinajstić information content (AvgIpc) is 3.16. The molecule has 8 heteroatoms. The molecule has 0 saturated heterocycles. The summed E-state index contributed by atoms with van der Waals surface area (Å²) in [6.45, 7) is 1.53. The third-order valence-electron chi connectivity index (χ3n) is 3.84. The maximum atomic E-state index is 10.6. The maximum absolute atomic E-state index is 10.6. The molecule has 2 aromatic heterocycles. The molecule has 0 amide bonds. The summed E-state index contributed by atoms with van der Waals surface area (Å²) in [4.78, 5) is 19.8. The van der Waals surface area contributed by atoms with Crippen LogP contribution in [0.15, 0.2) is 48.5 Å². The molecular formula is C19H14N4O3S. The van der Waals surface area contributed by atoms with Gasteiger partial charge >= 0.3 is 5.97 Å². The number of ether oxygens (including phenoxy) is 1. The van der Waals surface area contributed by atoms with Gasteiger partial charge in [-0.05, 0) is 43.3 Å². The molecule has 2 heterocycles. The van der Waals surface area contributed by atoms with E-state index in [4.69, 9.17) is 9.84 Å². The lowest BCUT2D eigenvalue weighted by atomic mass is 10.2. The molecular weight excluding hydrogens is 364 g/mol. The lowest BCUT2D eigenvalue weighted by molar-refractivity contribution is -0.139. The van der Waals surface area contributed by atoms with Gasteiger partial charge in [-0.15, -0.1) is 10.2 Å². The molecule has 2 aromatic carbocycles.